The van der Waals surface area contributed by atoms with E-state index in [0.29, 0.717) is 30.2 Å². The monoisotopic (exact) mass is 321 g/mol. The Morgan fingerprint density at radius 3 is 2.91 bits per heavy atom. The number of hydrogen-bond donors (Lipinski definition) is 0. The second kappa shape index (κ2) is 5.96. The molecule has 0 fully saturated rings. The summed E-state index contributed by atoms with van der Waals surface area (Å²) in [6, 6.07) is 5.41. The minimum Gasteiger partial charge on any atom is -0.496 e. The summed E-state index contributed by atoms with van der Waals surface area (Å²) in [6.45, 7) is 0.670. The van der Waals surface area contributed by atoms with Crippen molar-refractivity contribution in [1.29, 1.82) is 0 Å². The highest BCUT2D eigenvalue weighted by molar-refractivity contribution is 6.30. The van der Waals surface area contributed by atoms with Crippen LogP contribution in [0, 0.1) is 5.92 Å². The maximum atomic E-state index is 11.7. The van der Waals surface area contributed by atoms with Gasteiger partial charge in [0.15, 0.2) is 5.82 Å². The van der Waals surface area contributed by atoms with Gasteiger partial charge in [0.1, 0.15) is 11.6 Å². The van der Waals surface area contributed by atoms with Gasteiger partial charge in [-0.2, -0.15) is 0 Å². The second-order valence-electron chi connectivity index (χ2n) is 5.15. The predicted octanol–water partition coefficient (Wildman–Crippen LogP) is 2.34. The molecule has 1 aromatic heterocycles. The van der Waals surface area contributed by atoms with Crippen LogP contribution in [0.25, 0.3) is 11.4 Å². The van der Waals surface area contributed by atoms with Gasteiger partial charge in [0.05, 0.1) is 25.7 Å². The molecule has 1 unspecified atom stereocenters. The van der Waals surface area contributed by atoms with Crippen LogP contribution in [0.3, 0.4) is 0 Å². The van der Waals surface area contributed by atoms with Crippen LogP contribution in [-0.2, 0) is 22.5 Å². The third kappa shape index (κ3) is 2.54. The fraction of sp³-hybridized carbons (Fsp3) is 0.400. The van der Waals surface area contributed by atoms with E-state index in [9.17, 15) is 4.79 Å². The lowest BCUT2D eigenvalue weighted by Gasteiger charge is -2.22. The first kappa shape index (κ1) is 14.8. The summed E-state index contributed by atoms with van der Waals surface area (Å²) in [7, 11) is 3.00. The van der Waals surface area contributed by atoms with E-state index < -0.39 is 0 Å². The SMILES string of the molecule is COC(=O)C1CCn2c(nnc2-c2ccc(Cl)cc2OC)C1. The molecule has 3 rings (SSSR count). The average molecular weight is 322 g/mol. The molecule has 1 aromatic carbocycles. The highest BCUT2D eigenvalue weighted by Gasteiger charge is 2.29. The van der Waals surface area contributed by atoms with Crippen molar-refractivity contribution >= 4 is 17.6 Å². The van der Waals surface area contributed by atoms with E-state index in [1.165, 1.54) is 7.11 Å². The van der Waals surface area contributed by atoms with Gasteiger partial charge >= 0.3 is 5.97 Å². The van der Waals surface area contributed by atoms with E-state index >= 15 is 0 Å². The quantitative estimate of drug-likeness (QED) is 0.812. The van der Waals surface area contributed by atoms with E-state index in [4.69, 9.17) is 21.1 Å². The fourth-order valence-electron chi connectivity index (χ4n) is 2.75. The summed E-state index contributed by atoms with van der Waals surface area (Å²) in [5.41, 5.74) is 0.835. The largest absolute Gasteiger partial charge is 0.496 e. The van der Waals surface area contributed by atoms with E-state index in [1.54, 1.807) is 19.2 Å². The number of fused-ring (bicyclic) bond motifs is 1. The van der Waals surface area contributed by atoms with Crippen molar-refractivity contribution in [3.63, 3.8) is 0 Å². The van der Waals surface area contributed by atoms with Crippen LogP contribution in [-0.4, -0.2) is 35.0 Å². The van der Waals surface area contributed by atoms with Crippen molar-refractivity contribution in [2.45, 2.75) is 19.4 Å². The molecule has 2 heterocycles. The standard InChI is InChI=1S/C15H16ClN3O3/c1-21-12-8-10(16)3-4-11(12)14-18-17-13-7-9(15(20)22-2)5-6-19(13)14/h3-4,8-9H,5-7H2,1-2H3. The fourth-order valence-corrected chi connectivity index (χ4v) is 2.91. The van der Waals surface area contributed by atoms with Gasteiger partial charge in [-0.05, 0) is 24.6 Å². The number of aromatic nitrogens is 3. The lowest BCUT2D eigenvalue weighted by atomic mass is 9.98. The Labute approximate surface area is 133 Å². The van der Waals surface area contributed by atoms with Crippen LogP contribution in [0.4, 0.5) is 0 Å². The lowest BCUT2D eigenvalue weighted by molar-refractivity contribution is -0.146. The van der Waals surface area contributed by atoms with E-state index in [0.717, 1.165) is 17.2 Å². The number of methoxy groups -OCH3 is 2. The van der Waals surface area contributed by atoms with Crippen molar-refractivity contribution in [2.75, 3.05) is 14.2 Å². The average Bonchev–Trinajstić information content (AvgIpc) is 2.96. The van der Waals surface area contributed by atoms with Gasteiger partial charge in [-0.25, -0.2) is 0 Å². The highest BCUT2D eigenvalue weighted by Crippen LogP contribution is 2.33. The molecule has 1 atom stereocenters. The topological polar surface area (TPSA) is 66.2 Å². The predicted molar refractivity (Wildman–Crippen MR) is 80.8 cm³/mol. The summed E-state index contributed by atoms with van der Waals surface area (Å²) in [6.07, 6.45) is 1.25. The van der Waals surface area contributed by atoms with Gasteiger partial charge in [-0.15, -0.1) is 10.2 Å². The van der Waals surface area contributed by atoms with Gasteiger partial charge in [0.2, 0.25) is 0 Å². The van der Waals surface area contributed by atoms with Gasteiger partial charge < -0.3 is 14.0 Å². The molecule has 0 amide bonds. The number of benzene rings is 1. The zero-order chi connectivity index (χ0) is 15.7. The number of carbonyl (C=O) groups excluding carboxylic acids is 1. The van der Waals surface area contributed by atoms with Gasteiger partial charge in [-0.1, -0.05) is 11.6 Å². The summed E-state index contributed by atoms with van der Waals surface area (Å²) in [4.78, 5) is 11.7. The van der Waals surface area contributed by atoms with Crippen molar-refractivity contribution < 1.29 is 14.3 Å². The minimum absolute atomic E-state index is 0.151. The van der Waals surface area contributed by atoms with E-state index in [2.05, 4.69) is 10.2 Å². The Morgan fingerprint density at radius 2 is 2.18 bits per heavy atom. The van der Waals surface area contributed by atoms with Crippen molar-refractivity contribution in [3.05, 3.63) is 29.0 Å². The number of nitrogens with zero attached hydrogens (tertiary/aromatic N) is 3. The first-order valence-corrected chi connectivity index (χ1v) is 7.35. The molecule has 22 heavy (non-hydrogen) atoms. The number of halogens is 1. The molecule has 0 bridgehead atoms. The normalized spacial score (nSPS) is 17.0. The van der Waals surface area contributed by atoms with Crippen LogP contribution < -0.4 is 4.74 Å². The molecule has 2 aromatic rings. The smallest absolute Gasteiger partial charge is 0.309 e. The Balaban J connectivity index is 1.96. The molecule has 0 saturated heterocycles. The first-order valence-electron chi connectivity index (χ1n) is 6.98. The van der Waals surface area contributed by atoms with Crippen LogP contribution in [0.5, 0.6) is 5.75 Å². The number of hydrogen-bond acceptors (Lipinski definition) is 5. The third-order valence-electron chi connectivity index (χ3n) is 3.90. The highest BCUT2D eigenvalue weighted by atomic mass is 35.5. The summed E-state index contributed by atoms with van der Waals surface area (Å²) < 4.78 is 12.2. The van der Waals surface area contributed by atoms with Gasteiger partial charge in [-0.3, -0.25) is 4.79 Å². The maximum absolute atomic E-state index is 11.7. The molecule has 1 aliphatic rings. The molecular formula is C15H16ClN3O3. The number of esters is 1. The van der Waals surface area contributed by atoms with Gasteiger partial charge in [0.25, 0.3) is 0 Å². The van der Waals surface area contributed by atoms with Crippen molar-refractivity contribution in [1.82, 2.24) is 14.8 Å². The van der Waals surface area contributed by atoms with E-state index in [-0.39, 0.29) is 11.9 Å². The van der Waals surface area contributed by atoms with Crippen molar-refractivity contribution in [2.24, 2.45) is 5.92 Å². The summed E-state index contributed by atoms with van der Waals surface area (Å²) in [5.74, 6) is 1.82. The number of rotatable bonds is 3. The minimum atomic E-state index is -0.195. The molecule has 0 N–H and O–H groups in total. The van der Waals surface area contributed by atoms with Crippen LogP contribution in [0.15, 0.2) is 18.2 Å². The maximum Gasteiger partial charge on any atom is 0.309 e. The zero-order valence-corrected chi connectivity index (χ0v) is 13.1. The van der Waals surface area contributed by atoms with Crippen LogP contribution in [0.1, 0.15) is 12.2 Å². The van der Waals surface area contributed by atoms with Crippen LogP contribution >= 0.6 is 11.6 Å². The van der Waals surface area contributed by atoms with Gasteiger partial charge in [0, 0.05) is 18.0 Å². The van der Waals surface area contributed by atoms with E-state index in [1.807, 2.05) is 10.6 Å². The number of carbonyl (C=O) groups is 1. The molecule has 0 radical (unpaired) electrons. The first-order chi connectivity index (χ1) is 10.6. The molecule has 6 nitrogen and oxygen atoms in total. The zero-order valence-electron chi connectivity index (χ0n) is 12.4. The molecule has 116 valence electrons. The molecule has 0 saturated carbocycles. The molecule has 0 spiro atoms. The van der Waals surface area contributed by atoms with Crippen LogP contribution in [0.2, 0.25) is 5.02 Å². The Bertz CT molecular complexity index is 714. The molecule has 0 aliphatic carbocycles. The Kier molecular flexibility index (Phi) is 4.02. The Hall–Kier alpha value is -2.08. The summed E-state index contributed by atoms with van der Waals surface area (Å²) >= 11 is 6.00. The second-order valence-corrected chi connectivity index (χ2v) is 5.59. The number of ether oxygens (including phenoxy) is 2. The van der Waals surface area contributed by atoms with Crippen molar-refractivity contribution in [3.8, 4) is 17.1 Å². The third-order valence-corrected chi connectivity index (χ3v) is 4.13. The molecule has 7 heteroatoms. The molecular weight excluding hydrogens is 306 g/mol. The summed E-state index contributed by atoms with van der Waals surface area (Å²) in [5, 5.41) is 9.08. The molecule has 1 aliphatic heterocycles. The Morgan fingerprint density at radius 1 is 1.36 bits per heavy atom. The lowest BCUT2D eigenvalue weighted by Crippen LogP contribution is -2.27.